The molecule has 0 rings (SSSR count). The lowest BCUT2D eigenvalue weighted by Gasteiger charge is -1.99. The van der Waals surface area contributed by atoms with Gasteiger partial charge >= 0.3 is 5.97 Å². The van der Waals surface area contributed by atoms with Crippen LogP contribution in [0.15, 0.2) is 17.3 Å². The third-order valence-electron chi connectivity index (χ3n) is 0.622. The van der Waals surface area contributed by atoms with Crippen molar-refractivity contribution in [3.8, 4) is 0 Å². The van der Waals surface area contributed by atoms with Crippen molar-refractivity contribution >= 4 is 12.2 Å². The number of aliphatic carboxylic acids is 1. The lowest BCUT2D eigenvalue weighted by Crippen LogP contribution is -2.00. The summed E-state index contributed by atoms with van der Waals surface area (Å²) in [5.74, 6) is -0.967. The molecule has 0 heterocycles. The van der Waals surface area contributed by atoms with E-state index in [-0.39, 0.29) is 0 Å². The van der Waals surface area contributed by atoms with Crippen LogP contribution in [0.1, 0.15) is 0 Å². The summed E-state index contributed by atoms with van der Waals surface area (Å²) < 4.78 is 0. The van der Waals surface area contributed by atoms with Gasteiger partial charge in [0.15, 0.2) is 0 Å². The molecular formula is C6H10N2O2. The number of carboxylic acid groups (broad SMARTS) is 1. The van der Waals surface area contributed by atoms with Crippen LogP contribution in [0.2, 0.25) is 0 Å². The van der Waals surface area contributed by atoms with Gasteiger partial charge in [-0.05, 0) is 6.08 Å². The van der Waals surface area contributed by atoms with Crippen LogP contribution in [0.25, 0.3) is 0 Å². The van der Waals surface area contributed by atoms with Gasteiger partial charge in [-0.15, -0.1) is 0 Å². The summed E-state index contributed by atoms with van der Waals surface area (Å²) in [5, 5.41) is 13.4. The third-order valence-corrected chi connectivity index (χ3v) is 0.622. The lowest BCUT2D eigenvalue weighted by molar-refractivity contribution is -0.131. The molecule has 0 aromatic heterocycles. The number of carboxylic acids is 1. The van der Waals surface area contributed by atoms with Crippen LogP contribution in [-0.4, -0.2) is 36.4 Å². The Morgan fingerprint density at radius 3 is 2.60 bits per heavy atom. The van der Waals surface area contributed by atoms with E-state index < -0.39 is 5.97 Å². The molecule has 0 spiro atoms. The summed E-state index contributed by atoms with van der Waals surface area (Å²) in [5.41, 5.74) is 0. The molecule has 4 nitrogen and oxygen atoms in total. The number of hydrogen-bond acceptors (Lipinski definition) is 3. The number of carbonyl (C=O) groups is 1. The highest BCUT2D eigenvalue weighted by Gasteiger charge is 1.80. The van der Waals surface area contributed by atoms with E-state index in [1.54, 1.807) is 19.1 Å². The topological polar surface area (TPSA) is 52.9 Å². The van der Waals surface area contributed by atoms with Crippen molar-refractivity contribution in [2.24, 2.45) is 5.10 Å². The molecule has 0 aliphatic carbocycles. The number of rotatable bonds is 3. The van der Waals surface area contributed by atoms with Crippen LogP contribution in [0.3, 0.4) is 0 Å². The van der Waals surface area contributed by atoms with E-state index in [0.29, 0.717) is 0 Å². The van der Waals surface area contributed by atoms with Gasteiger partial charge < -0.3 is 10.1 Å². The second-order valence-corrected chi connectivity index (χ2v) is 1.81. The van der Waals surface area contributed by atoms with Gasteiger partial charge in [0.2, 0.25) is 0 Å². The molecule has 0 bridgehead atoms. The molecule has 0 radical (unpaired) electrons. The Hall–Kier alpha value is -1.32. The van der Waals surface area contributed by atoms with Crippen molar-refractivity contribution < 1.29 is 9.90 Å². The minimum absolute atomic E-state index is 0.967. The Morgan fingerprint density at radius 1 is 1.60 bits per heavy atom. The molecule has 0 aliphatic heterocycles. The van der Waals surface area contributed by atoms with Gasteiger partial charge in [0.25, 0.3) is 0 Å². The Bertz CT molecular complexity index is 161. The first-order valence-corrected chi connectivity index (χ1v) is 2.74. The Labute approximate surface area is 59.5 Å². The molecule has 10 heavy (non-hydrogen) atoms. The molecule has 0 unspecified atom stereocenters. The first-order chi connectivity index (χ1) is 4.63. The number of hydrazone groups is 1. The van der Waals surface area contributed by atoms with Crippen LogP contribution in [0.5, 0.6) is 0 Å². The monoisotopic (exact) mass is 142 g/mol. The van der Waals surface area contributed by atoms with Crippen molar-refractivity contribution in [3.05, 3.63) is 12.2 Å². The molecule has 0 fully saturated rings. The largest absolute Gasteiger partial charge is 0.478 e. The fourth-order valence-corrected chi connectivity index (χ4v) is 0.297. The summed E-state index contributed by atoms with van der Waals surface area (Å²) in [6, 6.07) is 0. The van der Waals surface area contributed by atoms with Crippen molar-refractivity contribution in [2.45, 2.75) is 0 Å². The molecule has 56 valence electrons. The van der Waals surface area contributed by atoms with E-state index in [1.165, 1.54) is 12.3 Å². The van der Waals surface area contributed by atoms with Gasteiger partial charge in [0, 0.05) is 26.4 Å². The van der Waals surface area contributed by atoms with Crippen molar-refractivity contribution in [1.29, 1.82) is 0 Å². The zero-order valence-electron chi connectivity index (χ0n) is 5.98. The first-order valence-electron chi connectivity index (χ1n) is 2.74. The maximum atomic E-state index is 9.88. The average molecular weight is 142 g/mol. The van der Waals surface area contributed by atoms with Crippen LogP contribution in [0.4, 0.5) is 0 Å². The normalized spacial score (nSPS) is 11.0. The van der Waals surface area contributed by atoms with Crippen molar-refractivity contribution in [1.82, 2.24) is 5.01 Å². The van der Waals surface area contributed by atoms with Gasteiger partial charge in [-0.2, -0.15) is 5.10 Å². The summed E-state index contributed by atoms with van der Waals surface area (Å²) in [7, 11) is 3.51. The highest BCUT2D eigenvalue weighted by atomic mass is 16.4. The van der Waals surface area contributed by atoms with Crippen molar-refractivity contribution in [3.63, 3.8) is 0 Å². The second-order valence-electron chi connectivity index (χ2n) is 1.81. The fraction of sp³-hybridized carbons (Fsp3) is 0.333. The number of allylic oxidation sites excluding steroid dienone is 1. The Balaban J connectivity index is 3.62. The smallest absolute Gasteiger partial charge is 0.328 e. The Morgan fingerprint density at radius 2 is 2.20 bits per heavy atom. The quantitative estimate of drug-likeness (QED) is 0.347. The summed E-state index contributed by atoms with van der Waals surface area (Å²) in [4.78, 5) is 9.88. The van der Waals surface area contributed by atoms with Crippen LogP contribution in [0, 0.1) is 0 Å². The summed E-state index contributed by atoms with van der Waals surface area (Å²) >= 11 is 0. The predicted molar refractivity (Wildman–Crippen MR) is 39.0 cm³/mol. The summed E-state index contributed by atoms with van der Waals surface area (Å²) in [6.07, 6.45) is 3.80. The zero-order chi connectivity index (χ0) is 7.98. The molecule has 1 N–H and O–H groups in total. The Kier molecular flexibility index (Phi) is 3.95. The van der Waals surface area contributed by atoms with Crippen LogP contribution >= 0.6 is 0 Å². The van der Waals surface area contributed by atoms with Gasteiger partial charge in [-0.25, -0.2) is 4.79 Å². The molecule has 0 aliphatic rings. The molecule has 0 atom stereocenters. The van der Waals surface area contributed by atoms with Gasteiger partial charge in [-0.1, -0.05) is 0 Å². The van der Waals surface area contributed by atoms with E-state index in [9.17, 15) is 4.79 Å². The first kappa shape index (κ1) is 8.68. The number of hydrogen-bond donors (Lipinski definition) is 1. The second kappa shape index (κ2) is 4.55. The van der Waals surface area contributed by atoms with E-state index in [0.717, 1.165) is 6.08 Å². The molecule has 0 saturated heterocycles. The molecule has 0 saturated carbocycles. The molecule has 0 aromatic rings. The molecule has 4 heteroatoms. The predicted octanol–water partition coefficient (Wildman–Crippen LogP) is 0.175. The van der Waals surface area contributed by atoms with Gasteiger partial charge in [0.1, 0.15) is 0 Å². The summed E-state index contributed by atoms with van der Waals surface area (Å²) in [6.45, 7) is 0. The SMILES string of the molecule is CN(C)/N=C/C=C/C(=O)O. The average Bonchev–Trinajstić information content (AvgIpc) is 1.79. The molecule has 0 amide bonds. The van der Waals surface area contributed by atoms with Gasteiger partial charge in [0.05, 0.1) is 0 Å². The van der Waals surface area contributed by atoms with Crippen molar-refractivity contribution in [2.75, 3.05) is 14.1 Å². The lowest BCUT2D eigenvalue weighted by atomic mass is 10.5. The standard InChI is InChI=1S/C6H10N2O2/c1-8(2)7-5-3-4-6(9)10/h3-5H,1-2H3,(H,9,10)/b4-3+,7-5+. The maximum Gasteiger partial charge on any atom is 0.328 e. The maximum absolute atomic E-state index is 9.88. The van der Waals surface area contributed by atoms with Crippen LogP contribution in [-0.2, 0) is 4.79 Å². The van der Waals surface area contributed by atoms with E-state index in [1.807, 2.05) is 0 Å². The minimum Gasteiger partial charge on any atom is -0.478 e. The zero-order valence-corrected chi connectivity index (χ0v) is 5.98. The third kappa shape index (κ3) is 6.68. The van der Waals surface area contributed by atoms with E-state index in [4.69, 9.17) is 5.11 Å². The highest BCUT2D eigenvalue weighted by Crippen LogP contribution is 1.73. The molecular weight excluding hydrogens is 132 g/mol. The molecule has 0 aromatic carbocycles. The van der Waals surface area contributed by atoms with E-state index in [2.05, 4.69) is 5.10 Å². The van der Waals surface area contributed by atoms with E-state index >= 15 is 0 Å². The fourth-order valence-electron chi connectivity index (χ4n) is 0.297. The highest BCUT2D eigenvalue weighted by molar-refractivity contribution is 5.86. The number of nitrogens with zero attached hydrogens (tertiary/aromatic N) is 2. The van der Waals surface area contributed by atoms with Gasteiger partial charge in [-0.3, -0.25) is 0 Å². The van der Waals surface area contributed by atoms with Crippen LogP contribution < -0.4 is 0 Å². The minimum atomic E-state index is -0.967.